The third-order valence-corrected chi connectivity index (χ3v) is 4.28. The van der Waals surface area contributed by atoms with Gasteiger partial charge in [0.15, 0.2) is 11.6 Å². The Balaban J connectivity index is 3.00. The van der Waals surface area contributed by atoms with Crippen molar-refractivity contribution in [2.24, 2.45) is 5.73 Å². The average molecular weight is 270 g/mol. The zero-order valence-corrected chi connectivity index (χ0v) is 12.2. The van der Waals surface area contributed by atoms with E-state index in [0.29, 0.717) is 12.0 Å². The summed E-state index contributed by atoms with van der Waals surface area (Å²) in [6.07, 6.45) is 2.08. The lowest BCUT2D eigenvalue weighted by Crippen LogP contribution is -2.57. The molecule has 0 aromatic heterocycles. The van der Waals surface area contributed by atoms with Crippen molar-refractivity contribution in [1.82, 2.24) is 4.90 Å². The van der Waals surface area contributed by atoms with Crippen LogP contribution in [0.4, 0.5) is 8.78 Å². The van der Waals surface area contributed by atoms with Crippen molar-refractivity contribution < 1.29 is 8.78 Å². The summed E-state index contributed by atoms with van der Waals surface area (Å²) in [5.41, 5.74) is 6.45. The number of nitrogens with zero attached hydrogens (tertiary/aromatic N) is 1. The fourth-order valence-corrected chi connectivity index (χ4v) is 2.87. The minimum atomic E-state index is -0.812. The van der Waals surface area contributed by atoms with E-state index in [9.17, 15) is 8.78 Å². The molecule has 4 heteroatoms. The molecule has 1 unspecified atom stereocenters. The highest BCUT2D eigenvalue weighted by Gasteiger charge is 2.35. The summed E-state index contributed by atoms with van der Waals surface area (Å²) in [5.74, 6) is -1.59. The van der Waals surface area contributed by atoms with Gasteiger partial charge in [-0.15, -0.1) is 0 Å². The van der Waals surface area contributed by atoms with Crippen molar-refractivity contribution in [2.75, 3.05) is 14.1 Å². The van der Waals surface area contributed by atoms with Gasteiger partial charge in [0.25, 0.3) is 0 Å². The van der Waals surface area contributed by atoms with E-state index in [1.165, 1.54) is 6.07 Å². The van der Waals surface area contributed by atoms with Crippen LogP contribution in [0.3, 0.4) is 0 Å². The fourth-order valence-electron chi connectivity index (χ4n) is 2.87. The maximum absolute atomic E-state index is 13.7. The van der Waals surface area contributed by atoms with Gasteiger partial charge in [-0.3, -0.25) is 0 Å². The number of rotatable bonds is 6. The van der Waals surface area contributed by atoms with Gasteiger partial charge in [-0.05, 0) is 45.0 Å². The highest BCUT2D eigenvalue weighted by atomic mass is 19.2. The molecule has 0 spiro atoms. The molecular formula is C15H24F2N2. The van der Waals surface area contributed by atoms with Crippen molar-refractivity contribution in [3.63, 3.8) is 0 Å². The summed E-state index contributed by atoms with van der Waals surface area (Å²) in [6, 6.07) is 4.01. The molecule has 1 aromatic carbocycles. The van der Waals surface area contributed by atoms with E-state index in [0.717, 1.165) is 18.9 Å². The SMILES string of the molecule is CCC(CC)(C(N)Cc1cccc(F)c1F)N(C)C. The average Bonchev–Trinajstić information content (AvgIpc) is 2.36. The Morgan fingerprint density at radius 1 is 1.21 bits per heavy atom. The van der Waals surface area contributed by atoms with Gasteiger partial charge in [0, 0.05) is 11.6 Å². The van der Waals surface area contributed by atoms with E-state index in [4.69, 9.17) is 5.73 Å². The van der Waals surface area contributed by atoms with E-state index >= 15 is 0 Å². The van der Waals surface area contributed by atoms with Gasteiger partial charge in [0.1, 0.15) is 0 Å². The second-order valence-electron chi connectivity index (χ2n) is 5.23. The van der Waals surface area contributed by atoms with Crippen LogP contribution in [0.1, 0.15) is 32.3 Å². The lowest BCUT2D eigenvalue weighted by molar-refractivity contribution is 0.105. The zero-order chi connectivity index (χ0) is 14.6. The summed E-state index contributed by atoms with van der Waals surface area (Å²) in [4.78, 5) is 2.09. The Kier molecular flexibility index (Phi) is 5.44. The molecule has 2 N–H and O–H groups in total. The largest absolute Gasteiger partial charge is 0.326 e. The predicted octanol–water partition coefficient (Wildman–Crippen LogP) is 2.96. The molecule has 0 radical (unpaired) electrons. The van der Waals surface area contributed by atoms with Crippen LogP contribution in [0, 0.1) is 11.6 Å². The minimum absolute atomic E-state index is 0.196. The molecule has 0 saturated carbocycles. The first-order valence-electron chi connectivity index (χ1n) is 6.75. The smallest absolute Gasteiger partial charge is 0.162 e. The number of hydrogen-bond acceptors (Lipinski definition) is 2. The number of hydrogen-bond donors (Lipinski definition) is 1. The maximum Gasteiger partial charge on any atom is 0.162 e. The highest BCUT2D eigenvalue weighted by Crippen LogP contribution is 2.27. The molecule has 2 nitrogen and oxygen atoms in total. The Hall–Kier alpha value is -1.00. The van der Waals surface area contributed by atoms with Gasteiger partial charge in [-0.1, -0.05) is 26.0 Å². The normalized spacial score (nSPS) is 13.9. The lowest BCUT2D eigenvalue weighted by Gasteiger charge is -2.43. The van der Waals surface area contributed by atoms with Crippen LogP contribution in [0.15, 0.2) is 18.2 Å². The first kappa shape index (κ1) is 16.1. The van der Waals surface area contributed by atoms with Crippen molar-refractivity contribution in [3.8, 4) is 0 Å². The minimum Gasteiger partial charge on any atom is -0.326 e. The molecule has 0 aliphatic rings. The maximum atomic E-state index is 13.7. The Morgan fingerprint density at radius 2 is 1.79 bits per heavy atom. The molecule has 19 heavy (non-hydrogen) atoms. The summed E-state index contributed by atoms with van der Waals surface area (Å²) in [6.45, 7) is 4.15. The summed E-state index contributed by atoms with van der Waals surface area (Å²) in [5, 5.41) is 0. The van der Waals surface area contributed by atoms with Crippen molar-refractivity contribution in [3.05, 3.63) is 35.4 Å². The van der Waals surface area contributed by atoms with Crippen molar-refractivity contribution >= 4 is 0 Å². The third kappa shape index (κ3) is 3.12. The van der Waals surface area contributed by atoms with E-state index in [2.05, 4.69) is 18.7 Å². The van der Waals surface area contributed by atoms with E-state index < -0.39 is 11.6 Å². The molecule has 0 aliphatic heterocycles. The molecule has 0 bridgehead atoms. The second kappa shape index (κ2) is 6.44. The molecule has 0 amide bonds. The zero-order valence-electron chi connectivity index (χ0n) is 12.2. The van der Waals surface area contributed by atoms with Gasteiger partial charge >= 0.3 is 0 Å². The van der Waals surface area contributed by atoms with Crippen LogP contribution >= 0.6 is 0 Å². The first-order valence-corrected chi connectivity index (χ1v) is 6.75. The quantitative estimate of drug-likeness (QED) is 0.861. The molecule has 0 heterocycles. The number of nitrogens with two attached hydrogens (primary N) is 1. The van der Waals surface area contributed by atoms with Gasteiger partial charge in [-0.25, -0.2) is 8.78 Å². The van der Waals surface area contributed by atoms with E-state index in [1.54, 1.807) is 6.07 Å². The van der Waals surface area contributed by atoms with Gasteiger partial charge < -0.3 is 10.6 Å². The molecule has 0 saturated heterocycles. The number of halogens is 2. The topological polar surface area (TPSA) is 29.3 Å². The van der Waals surface area contributed by atoms with E-state index in [-0.39, 0.29) is 11.6 Å². The Labute approximate surface area is 114 Å². The van der Waals surface area contributed by atoms with Crippen LogP contribution in [0.5, 0.6) is 0 Å². The van der Waals surface area contributed by atoms with Crippen LogP contribution in [-0.4, -0.2) is 30.6 Å². The molecule has 1 atom stereocenters. The fraction of sp³-hybridized carbons (Fsp3) is 0.600. The van der Waals surface area contributed by atoms with Gasteiger partial charge in [0.2, 0.25) is 0 Å². The van der Waals surface area contributed by atoms with Gasteiger partial charge in [-0.2, -0.15) is 0 Å². The first-order chi connectivity index (χ1) is 8.89. The van der Waals surface area contributed by atoms with E-state index in [1.807, 2.05) is 14.1 Å². The van der Waals surface area contributed by atoms with Gasteiger partial charge in [0.05, 0.1) is 0 Å². The monoisotopic (exact) mass is 270 g/mol. The summed E-state index contributed by atoms with van der Waals surface area (Å²) < 4.78 is 26.9. The summed E-state index contributed by atoms with van der Waals surface area (Å²) >= 11 is 0. The van der Waals surface area contributed by atoms with Crippen LogP contribution in [0.25, 0.3) is 0 Å². The lowest BCUT2D eigenvalue weighted by atomic mass is 9.80. The van der Waals surface area contributed by atoms with Crippen LogP contribution in [0.2, 0.25) is 0 Å². The molecule has 0 fully saturated rings. The standard InChI is InChI=1S/C15H24F2N2/c1-5-15(6-2,19(3)4)13(18)10-11-8-7-9-12(16)14(11)17/h7-9,13H,5-6,10,18H2,1-4H3. The Morgan fingerprint density at radius 3 is 2.26 bits per heavy atom. The van der Waals surface area contributed by atoms with Crippen LogP contribution < -0.4 is 5.73 Å². The number of likely N-dealkylation sites (N-methyl/N-ethyl adjacent to an activating group) is 1. The van der Waals surface area contributed by atoms with Crippen molar-refractivity contribution in [2.45, 2.75) is 44.7 Å². The molecule has 108 valence electrons. The predicted molar refractivity (Wildman–Crippen MR) is 75.0 cm³/mol. The number of benzene rings is 1. The highest BCUT2D eigenvalue weighted by molar-refractivity contribution is 5.21. The second-order valence-corrected chi connectivity index (χ2v) is 5.23. The Bertz CT molecular complexity index is 415. The van der Waals surface area contributed by atoms with Crippen LogP contribution in [-0.2, 0) is 6.42 Å². The molecule has 0 aliphatic carbocycles. The molecular weight excluding hydrogens is 246 g/mol. The molecule has 1 aromatic rings. The van der Waals surface area contributed by atoms with Crippen molar-refractivity contribution in [1.29, 1.82) is 0 Å². The third-order valence-electron chi connectivity index (χ3n) is 4.28. The molecule has 1 rings (SSSR count). The summed E-state index contributed by atoms with van der Waals surface area (Å²) in [7, 11) is 3.96.